The summed E-state index contributed by atoms with van der Waals surface area (Å²) in [6.45, 7) is 3.19. The largest absolute Gasteiger partial charge is 0.479 e. The molecule has 1 aliphatic rings. The van der Waals surface area contributed by atoms with Gasteiger partial charge >= 0.3 is 0 Å². The van der Waals surface area contributed by atoms with Gasteiger partial charge in [0.05, 0.1) is 13.0 Å². The van der Waals surface area contributed by atoms with Gasteiger partial charge in [0.2, 0.25) is 5.88 Å². The van der Waals surface area contributed by atoms with Crippen molar-refractivity contribution in [2.75, 3.05) is 7.11 Å². The van der Waals surface area contributed by atoms with Crippen LogP contribution in [0.2, 0.25) is 0 Å². The molecule has 0 spiro atoms. The third kappa shape index (κ3) is 1.82. The molecule has 18 heavy (non-hydrogen) atoms. The fraction of sp³-hybridized carbons (Fsp3) is 0.583. The van der Waals surface area contributed by atoms with Crippen LogP contribution in [0.5, 0.6) is 5.88 Å². The predicted octanol–water partition coefficient (Wildman–Crippen LogP) is 2.23. The van der Waals surface area contributed by atoms with Crippen LogP contribution in [0.25, 0.3) is 11.2 Å². The van der Waals surface area contributed by atoms with E-state index in [2.05, 4.69) is 26.4 Å². The number of halogens is 1. The van der Waals surface area contributed by atoms with Gasteiger partial charge < -0.3 is 9.30 Å². The molecule has 1 saturated carbocycles. The molecule has 96 valence electrons. The van der Waals surface area contributed by atoms with Crippen LogP contribution in [-0.2, 0) is 12.4 Å². The van der Waals surface area contributed by atoms with E-state index in [9.17, 15) is 0 Å². The first-order chi connectivity index (χ1) is 8.74. The Bertz CT molecular complexity index is 583. The number of aromatic nitrogens is 4. The zero-order valence-electron chi connectivity index (χ0n) is 10.4. The van der Waals surface area contributed by atoms with E-state index in [4.69, 9.17) is 16.3 Å². The molecule has 0 bridgehead atoms. The topological polar surface area (TPSA) is 52.8 Å². The van der Waals surface area contributed by atoms with Gasteiger partial charge in [-0.05, 0) is 18.3 Å². The molecule has 2 heterocycles. The number of methoxy groups -OCH3 is 1. The number of hydrogen-bond acceptors (Lipinski definition) is 4. The normalized spacial score (nSPS) is 22.4. The maximum absolute atomic E-state index is 5.97. The number of alkyl halides is 1. The lowest BCUT2D eigenvalue weighted by Gasteiger charge is -2.05. The molecule has 1 fully saturated rings. The molecule has 2 aromatic heterocycles. The highest BCUT2D eigenvalue weighted by Gasteiger charge is 2.34. The van der Waals surface area contributed by atoms with Gasteiger partial charge in [-0.3, -0.25) is 0 Å². The molecule has 3 rings (SSSR count). The van der Waals surface area contributed by atoms with Crippen LogP contribution in [0.15, 0.2) is 6.33 Å². The number of ether oxygens (including phenoxy) is 1. The molecule has 0 amide bonds. The van der Waals surface area contributed by atoms with Gasteiger partial charge in [-0.1, -0.05) is 6.92 Å². The van der Waals surface area contributed by atoms with Gasteiger partial charge in [-0.25, -0.2) is 9.97 Å². The van der Waals surface area contributed by atoms with Gasteiger partial charge in [0, 0.05) is 6.54 Å². The molecule has 5 nitrogen and oxygen atoms in total. The van der Waals surface area contributed by atoms with Crippen molar-refractivity contribution in [3.63, 3.8) is 0 Å². The first-order valence-corrected chi connectivity index (χ1v) is 6.58. The highest BCUT2D eigenvalue weighted by atomic mass is 35.5. The Kier molecular flexibility index (Phi) is 2.86. The van der Waals surface area contributed by atoms with Crippen LogP contribution < -0.4 is 4.74 Å². The zero-order valence-corrected chi connectivity index (χ0v) is 11.2. The molecule has 0 saturated heterocycles. The van der Waals surface area contributed by atoms with Crippen molar-refractivity contribution in [1.82, 2.24) is 19.5 Å². The summed E-state index contributed by atoms with van der Waals surface area (Å²) in [6.07, 6.45) is 2.78. The fourth-order valence-electron chi connectivity index (χ4n) is 2.29. The first kappa shape index (κ1) is 11.7. The van der Waals surface area contributed by atoms with Gasteiger partial charge in [-0.15, -0.1) is 11.6 Å². The second-order valence-electron chi connectivity index (χ2n) is 4.80. The average Bonchev–Trinajstić information content (AvgIpc) is 2.96. The van der Waals surface area contributed by atoms with Crippen LogP contribution >= 0.6 is 11.6 Å². The monoisotopic (exact) mass is 266 g/mol. The number of imidazole rings is 1. The lowest BCUT2D eigenvalue weighted by Crippen LogP contribution is -2.05. The van der Waals surface area contributed by atoms with E-state index in [1.54, 1.807) is 7.11 Å². The zero-order chi connectivity index (χ0) is 12.7. The van der Waals surface area contributed by atoms with Crippen molar-refractivity contribution in [2.45, 2.75) is 25.8 Å². The molecular weight excluding hydrogens is 252 g/mol. The van der Waals surface area contributed by atoms with E-state index in [1.165, 1.54) is 12.7 Å². The minimum Gasteiger partial charge on any atom is -0.479 e. The van der Waals surface area contributed by atoms with E-state index < -0.39 is 0 Å². The molecular formula is C12H15ClN4O. The van der Waals surface area contributed by atoms with Crippen molar-refractivity contribution < 1.29 is 4.74 Å². The molecule has 2 unspecified atom stereocenters. The van der Waals surface area contributed by atoms with E-state index in [-0.39, 0.29) is 0 Å². The second-order valence-corrected chi connectivity index (χ2v) is 5.07. The molecule has 0 aromatic carbocycles. The maximum Gasteiger partial charge on any atom is 0.245 e. The summed E-state index contributed by atoms with van der Waals surface area (Å²) in [5.74, 6) is 3.22. The van der Waals surface area contributed by atoms with Crippen molar-refractivity contribution in [3.05, 3.63) is 12.2 Å². The Hall–Kier alpha value is -1.36. The summed E-state index contributed by atoms with van der Waals surface area (Å²) in [5.41, 5.74) is 1.51. The number of hydrogen-bond donors (Lipinski definition) is 0. The van der Waals surface area contributed by atoms with Crippen LogP contribution in [0.1, 0.15) is 19.2 Å². The summed E-state index contributed by atoms with van der Waals surface area (Å²) in [7, 11) is 1.59. The van der Waals surface area contributed by atoms with Crippen LogP contribution in [-0.4, -0.2) is 26.6 Å². The van der Waals surface area contributed by atoms with E-state index in [0.29, 0.717) is 23.2 Å². The lowest BCUT2D eigenvalue weighted by molar-refractivity contribution is 0.401. The Morgan fingerprint density at radius 2 is 2.28 bits per heavy atom. The minimum atomic E-state index is 0.376. The first-order valence-electron chi connectivity index (χ1n) is 6.04. The van der Waals surface area contributed by atoms with E-state index in [0.717, 1.165) is 23.9 Å². The Morgan fingerprint density at radius 1 is 1.50 bits per heavy atom. The fourth-order valence-corrected chi connectivity index (χ4v) is 2.50. The summed E-state index contributed by atoms with van der Waals surface area (Å²) in [5, 5.41) is 0. The molecule has 0 radical (unpaired) electrons. The highest BCUT2D eigenvalue weighted by molar-refractivity contribution is 6.16. The van der Waals surface area contributed by atoms with E-state index in [1.807, 2.05) is 0 Å². The van der Waals surface area contributed by atoms with Crippen molar-refractivity contribution >= 4 is 22.8 Å². The Labute approximate surface area is 110 Å². The quantitative estimate of drug-likeness (QED) is 0.797. The summed E-state index contributed by atoms with van der Waals surface area (Å²) in [6, 6.07) is 0. The molecule has 1 aliphatic carbocycles. The van der Waals surface area contributed by atoms with Crippen molar-refractivity contribution in [2.24, 2.45) is 11.8 Å². The van der Waals surface area contributed by atoms with E-state index >= 15 is 0 Å². The highest BCUT2D eigenvalue weighted by Crippen LogP contribution is 2.40. The number of nitrogens with zero attached hydrogens (tertiary/aromatic N) is 4. The predicted molar refractivity (Wildman–Crippen MR) is 68.7 cm³/mol. The summed E-state index contributed by atoms with van der Waals surface area (Å²) < 4.78 is 7.31. The SMILES string of the molecule is COc1ncnc2c1nc(CCl)n2CC1CC1C. The van der Waals surface area contributed by atoms with Crippen molar-refractivity contribution in [1.29, 1.82) is 0 Å². The number of rotatable bonds is 4. The van der Waals surface area contributed by atoms with Crippen LogP contribution in [0.3, 0.4) is 0 Å². The van der Waals surface area contributed by atoms with Gasteiger partial charge in [0.1, 0.15) is 12.2 Å². The second kappa shape index (κ2) is 4.39. The molecule has 6 heteroatoms. The smallest absolute Gasteiger partial charge is 0.245 e. The van der Waals surface area contributed by atoms with Gasteiger partial charge in [0.25, 0.3) is 0 Å². The third-order valence-corrected chi connectivity index (χ3v) is 3.82. The maximum atomic E-state index is 5.97. The number of fused-ring (bicyclic) bond motifs is 1. The average molecular weight is 267 g/mol. The summed E-state index contributed by atoms with van der Waals surface area (Å²) >= 11 is 5.97. The van der Waals surface area contributed by atoms with Gasteiger partial charge in [-0.2, -0.15) is 4.98 Å². The Balaban J connectivity index is 2.09. The standard InChI is InChI=1S/C12H15ClN4O/c1-7-3-8(7)5-17-9(4-13)16-10-11(17)14-6-15-12(10)18-2/h6-8H,3-5H2,1-2H3. The minimum absolute atomic E-state index is 0.376. The van der Waals surface area contributed by atoms with Crippen molar-refractivity contribution in [3.8, 4) is 5.88 Å². The third-order valence-electron chi connectivity index (χ3n) is 3.58. The molecule has 2 aromatic rings. The van der Waals surface area contributed by atoms with Crippen LogP contribution in [0, 0.1) is 11.8 Å². The molecule has 2 atom stereocenters. The lowest BCUT2D eigenvalue weighted by atomic mass is 10.3. The van der Waals surface area contributed by atoms with Gasteiger partial charge in [0.15, 0.2) is 11.2 Å². The summed E-state index contributed by atoms with van der Waals surface area (Å²) in [4.78, 5) is 12.9. The van der Waals surface area contributed by atoms with Crippen LogP contribution in [0.4, 0.5) is 0 Å². The molecule has 0 N–H and O–H groups in total. The Morgan fingerprint density at radius 3 is 2.89 bits per heavy atom. The molecule has 0 aliphatic heterocycles.